The van der Waals surface area contributed by atoms with Crippen molar-refractivity contribution in [2.24, 2.45) is 5.41 Å². The summed E-state index contributed by atoms with van der Waals surface area (Å²) in [7, 11) is 1.69. The smallest absolute Gasteiger partial charge is 0.136 e. The van der Waals surface area contributed by atoms with Crippen molar-refractivity contribution < 1.29 is 9.47 Å². The van der Waals surface area contributed by atoms with Gasteiger partial charge in [0, 0.05) is 19.2 Å². The molecule has 120 valence electrons. The summed E-state index contributed by atoms with van der Waals surface area (Å²) in [6.45, 7) is 9.86. The first-order valence-corrected chi connectivity index (χ1v) is 7.81. The highest BCUT2D eigenvalue weighted by Crippen LogP contribution is 2.28. The molecular formula is C17H25N3O2. The normalized spacial score (nSPS) is 18.5. The van der Waals surface area contributed by atoms with Crippen molar-refractivity contribution in [1.29, 1.82) is 0 Å². The molecule has 1 atom stereocenters. The number of benzene rings is 1. The molecule has 1 aromatic heterocycles. The summed E-state index contributed by atoms with van der Waals surface area (Å²) >= 11 is 0. The van der Waals surface area contributed by atoms with Gasteiger partial charge in [0.2, 0.25) is 0 Å². The van der Waals surface area contributed by atoms with E-state index in [9.17, 15) is 0 Å². The number of nitrogens with zero attached hydrogens (tertiary/aromatic N) is 2. The molecule has 22 heavy (non-hydrogen) atoms. The molecular weight excluding hydrogens is 278 g/mol. The van der Waals surface area contributed by atoms with Gasteiger partial charge in [-0.2, -0.15) is 0 Å². The number of hydrogen-bond donors (Lipinski definition) is 1. The number of fused-ring (bicyclic) bond motifs is 3. The van der Waals surface area contributed by atoms with Crippen LogP contribution in [-0.4, -0.2) is 36.4 Å². The number of ether oxygens (including phenoxy) is 2. The van der Waals surface area contributed by atoms with E-state index in [2.05, 4.69) is 36.7 Å². The van der Waals surface area contributed by atoms with E-state index in [1.807, 2.05) is 12.1 Å². The van der Waals surface area contributed by atoms with Gasteiger partial charge >= 0.3 is 0 Å². The fraction of sp³-hybridized carbons (Fsp3) is 0.588. The summed E-state index contributed by atoms with van der Waals surface area (Å²) in [5.74, 6) is 1.86. The molecule has 0 aliphatic carbocycles. The van der Waals surface area contributed by atoms with Crippen LogP contribution in [0.3, 0.4) is 0 Å². The third kappa shape index (κ3) is 3.10. The molecule has 1 aliphatic heterocycles. The van der Waals surface area contributed by atoms with E-state index in [0.29, 0.717) is 13.2 Å². The van der Waals surface area contributed by atoms with Gasteiger partial charge in [0.1, 0.15) is 18.2 Å². The summed E-state index contributed by atoms with van der Waals surface area (Å²) in [5, 5.41) is 3.56. The summed E-state index contributed by atoms with van der Waals surface area (Å²) in [5.41, 5.74) is 2.40. The van der Waals surface area contributed by atoms with Gasteiger partial charge in [-0.05, 0) is 17.5 Å². The zero-order chi connectivity index (χ0) is 15.7. The zero-order valence-corrected chi connectivity index (χ0v) is 13.8. The second-order valence-electron chi connectivity index (χ2n) is 7.11. The van der Waals surface area contributed by atoms with Crippen LogP contribution in [0.4, 0.5) is 0 Å². The Bertz CT molecular complexity index is 658. The number of hydrogen-bond acceptors (Lipinski definition) is 4. The summed E-state index contributed by atoms with van der Waals surface area (Å²) in [4.78, 5) is 4.69. The second kappa shape index (κ2) is 5.89. The molecule has 0 radical (unpaired) electrons. The Morgan fingerprint density at radius 1 is 1.41 bits per heavy atom. The van der Waals surface area contributed by atoms with E-state index in [1.165, 1.54) is 0 Å². The van der Waals surface area contributed by atoms with E-state index in [0.717, 1.165) is 35.7 Å². The maximum absolute atomic E-state index is 5.72. The monoisotopic (exact) mass is 303 g/mol. The third-order valence-corrected chi connectivity index (χ3v) is 3.91. The first kappa shape index (κ1) is 15.3. The van der Waals surface area contributed by atoms with Gasteiger partial charge in [-0.15, -0.1) is 0 Å². The second-order valence-corrected chi connectivity index (χ2v) is 7.11. The Hall–Kier alpha value is -1.59. The van der Waals surface area contributed by atoms with Gasteiger partial charge in [0.15, 0.2) is 0 Å². The van der Waals surface area contributed by atoms with E-state index < -0.39 is 0 Å². The Labute approximate surface area is 131 Å². The maximum Gasteiger partial charge on any atom is 0.136 e. The lowest BCUT2D eigenvalue weighted by molar-refractivity contribution is 0.0558. The van der Waals surface area contributed by atoms with Gasteiger partial charge in [0.05, 0.1) is 30.8 Å². The quantitative estimate of drug-likeness (QED) is 0.943. The molecule has 1 aromatic carbocycles. The highest BCUT2D eigenvalue weighted by molar-refractivity contribution is 5.78. The van der Waals surface area contributed by atoms with Crippen molar-refractivity contribution in [3.05, 3.63) is 24.0 Å². The summed E-state index contributed by atoms with van der Waals surface area (Å²) in [6.07, 6.45) is 0. The minimum absolute atomic E-state index is 0.267. The molecule has 2 heterocycles. The van der Waals surface area contributed by atoms with Crippen LogP contribution in [0.1, 0.15) is 32.6 Å². The van der Waals surface area contributed by atoms with Crippen LogP contribution in [0, 0.1) is 5.41 Å². The van der Waals surface area contributed by atoms with Gasteiger partial charge in [-0.1, -0.05) is 20.8 Å². The molecule has 0 saturated carbocycles. The highest BCUT2D eigenvalue weighted by Gasteiger charge is 2.24. The lowest BCUT2D eigenvalue weighted by atomic mass is 9.97. The maximum atomic E-state index is 5.72. The van der Waals surface area contributed by atoms with E-state index in [4.69, 9.17) is 14.5 Å². The van der Waals surface area contributed by atoms with E-state index in [-0.39, 0.29) is 11.5 Å². The Morgan fingerprint density at radius 2 is 2.23 bits per heavy atom. The molecule has 1 N–H and O–H groups in total. The van der Waals surface area contributed by atoms with Gasteiger partial charge in [0.25, 0.3) is 0 Å². The third-order valence-electron chi connectivity index (χ3n) is 3.91. The van der Waals surface area contributed by atoms with Crippen molar-refractivity contribution in [2.75, 3.05) is 26.8 Å². The Morgan fingerprint density at radius 3 is 2.95 bits per heavy atom. The molecule has 0 bridgehead atoms. The largest absolute Gasteiger partial charge is 0.497 e. The highest BCUT2D eigenvalue weighted by atomic mass is 16.5. The van der Waals surface area contributed by atoms with Crippen molar-refractivity contribution in [3.63, 3.8) is 0 Å². The first-order valence-electron chi connectivity index (χ1n) is 7.81. The van der Waals surface area contributed by atoms with Gasteiger partial charge in [-0.25, -0.2) is 4.98 Å². The lowest BCUT2D eigenvalue weighted by Gasteiger charge is -2.28. The first-order chi connectivity index (χ1) is 10.5. The van der Waals surface area contributed by atoms with Crippen LogP contribution in [-0.2, 0) is 11.3 Å². The van der Waals surface area contributed by atoms with Crippen LogP contribution in [0.5, 0.6) is 5.75 Å². The van der Waals surface area contributed by atoms with Crippen molar-refractivity contribution in [2.45, 2.75) is 33.4 Å². The molecule has 0 fully saturated rings. The lowest BCUT2D eigenvalue weighted by Crippen LogP contribution is -2.36. The summed E-state index contributed by atoms with van der Waals surface area (Å²) in [6, 6.07) is 6.30. The van der Waals surface area contributed by atoms with E-state index in [1.54, 1.807) is 7.11 Å². The molecule has 0 saturated heterocycles. The van der Waals surface area contributed by atoms with Gasteiger partial charge in [-0.3, -0.25) is 0 Å². The van der Waals surface area contributed by atoms with Crippen LogP contribution >= 0.6 is 0 Å². The zero-order valence-electron chi connectivity index (χ0n) is 13.8. The Balaban J connectivity index is 1.87. The molecule has 2 aromatic rings. The number of rotatable bonds is 4. The Kier molecular flexibility index (Phi) is 4.10. The summed E-state index contributed by atoms with van der Waals surface area (Å²) < 4.78 is 13.4. The molecule has 0 unspecified atom stereocenters. The van der Waals surface area contributed by atoms with Crippen molar-refractivity contribution in [3.8, 4) is 5.75 Å². The molecule has 0 amide bonds. The minimum Gasteiger partial charge on any atom is -0.497 e. The fourth-order valence-corrected chi connectivity index (χ4v) is 2.88. The van der Waals surface area contributed by atoms with Crippen LogP contribution < -0.4 is 10.1 Å². The molecule has 3 rings (SSSR count). The fourth-order valence-electron chi connectivity index (χ4n) is 2.88. The molecule has 0 spiro atoms. The molecule has 1 aliphatic rings. The minimum atomic E-state index is 0.267. The number of aromatic nitrogens is 2. The standard InChI is InChI=1S/C17H25N3O2/c1-17(2,3)11-18-8-12-9-22-10-16-19-14-6-5-13(21-4)7-15(14)20(12)16/h5-7,12,18H,8-11H2,1-4H3/t12-/m0/s1. The topological polar surface area (TPSA) is 48.3 Å². The van der Waals surface area contributed by atoms with Crippen molar-refractivity contribution in [1.82, 2.24) is 14.9 Å². The van der Waals surface area contributed by atoms with Gasteiger partial charge < -0.3 is 19.4 Å². The van der Waals surface area contributed by atoms with Crippen molar-refractivity contribution >= 4 is 11.0 Å². The predicted molar refractivity (Wildman–Crippen MR) is 87.3 cm³/mol. The SMILES string of the molecule is COc1ccc2nc3n(c2c1)[C@@H](CNCC(C)(C)C)COC3. The predicted octanol–water partition coefficient (Wildman–Crippen LogP) is 2.75. The number of imidazole rings is 1. The van der Waals surface area contributed by atoms with Crippen LogP contribution in [0.25, 0.3) is 11.0 Å². The number of methoxy groups -OCH3 is 1. The van der Waals surface area contributed by atoms with Crippen LogP contribution in [0.2, 0.25) is 0 Å². The molecule has 5 heteroatoms. The number of nitrogens with one attached hydrogen (secondary N) is 1. The molecule has 5 nitrogen and oxygen atoms in total. The van der Waals surface area contributed by atoms with E-state index >= 15 is 0 Å². The average molecular weight is 303 g/mol. The average Bonchev–Trinajstić information content (AvgIpc) is 2.84. The van der Waals surface area contributed by atoms with Crippen LogP contribution in [0.15, 0.2) is 18.2 Å².